The molecule has 0 aromatic rings. The highest BCUT2D eigenvalue weighted by molar-refractivity contribution is 5.16. The molecule has 0 saturated heterocycles. The van der Waals surface area contributed by atoms with Gasteiger partial charge in [0.25, 0.3) is 0 Å². The normalized spacial score (nSPS) is 8.64. The van der Waals surface area contributed by atoms with Crippen LogP contribution in [0.25, 0.3) is 0 Å². The van der Waals surface area contributed by atoms with Crippen LogP contribution in [0.5, 0.6) is 0 Å². The van der Waals surface area contributed by atoms with Crippen LogP contribution in [-0.2, 0) is 0 Å². The summed E-state index contributed by atoms with van der Waals surface area (Å²) in [4.78, 5) is 0. The van der Waals surface area contributed by atoms with Gasteiger partial charge in [0, 0.05) is 0 Å². The van der Waals surface area contributed by atoms with E-state index in [1.54, 1.807) is 0 Å². The summed E-state index contributed by atoms with van der Waals surface area (Å²) in [6, 6.07) is 0. The summed E-state index contributed by atoms with van der Waals surface area (Å²) in [6.07, 6.45) is 7.49. The standard InChI is InChI=1S/C8H14.2C2H6.C2H4/c1-4-7-8(5-2)6-3;3*1-2/h4-5,7H,6H2,1-3H3;2*1-2H3;1-2H2/b7-4-,8-5-;;;. The molecule has 0 aliphatic heterocycles. The molecule has 14 heavy (non-hydrogen) atoms. The van der Waals surface area contributed by atoms with E-state index in [-0.39, 0.29) is 0 Å². The van der Waals surface area contributed by atoms with Crippen LogP contribution in [-0.4, -0.2) is 0 Å². The number of hydrogen-bond donors (Lipinski definition) is 0. The molecular weight excluding hydrogens is 168 g/mol. The lowest BCUT2D eigenvalue weighted by atomic mass is 10.2. The lowest BCUT2D eigenvalue weighted by Gasteiger charge is -1.90. The van der Waals surface area contributed by atoms with Crippen molar-refractivity contribution in [1.29, 1.82) is 0 Å². The largest absolute Gasteiger partial charge is 0.106 e. The van der Waals surface area contributed by atoms with Crippen LogP contribution >= 0.6 is 0 Å². The molecule has 86 valence electrons. The van der Waals surface area contributed by atoms with Crippen molar-refractivity contribution in [2.75, 3.05) is 0 Å². The first-order chi connectivity index (χ1) is 6.85. The van der Waals surface area contributed by atoms with Crippen molar-refractivity contribution in [1.82, 2.24) is 0 Å². The Morgan fingerprint density at radius 1 is 1.00 bits per heavy atom. The number of rotatable bonds is 2. The predicted molar refractivity (Wildman–Crippen MR) is 72.8 cm³/mol. The maximum absolute atomic E-state index is 3.00. The Balaban J connectivity index is -0.0000000708. The van der Waals surface area contributed by atoms with Crippen LogP contribution in [0, 0.1) is 0 Å². The molecular formula is C14H30. The van der Waals surface area contributed by atoms with Gasteiger partial charge in [-0.15, -0.1) is 13.2 Å². The molecule has 0 nitrogen and oxygen atoms in total. The fraction of sp³-hybridized carbons (Fsp3) is 0.571. The van der Waals surface area contributed by atoms with Gasteiger partial charge < -0.3 is 0 Å². The van der Waals surface area contributed by atoms with Crippen LogP contribution in [0.2, 0.25) is 0 Å². The smallest absolute Gasteiger partial charge is 0.0311 e. The molecule has 0 N–H and O–H groups in total. The molecule has 0 aliphatic rings. The highest BCUT2D eigenvalue weighted by Gasteiger charge is 1.79. The average Bonchev–Trinajstić information content (AvgIpc) is 2.33. The van der Waals surface area contributed by atoms with Crippen molar-refractivity contribution < 1.29 is 0 Å². The Morgan fingerprint density at radius 3 is 1.43 bits per heavy atom. The molecule has 0 unspecified atom stereocenters. The monoisotopic (exact) mass is 198 g/mol. The summed E-state index contributed by atoms with van der Waals surface area (Å²) in [7, 11) is 0. The van der Waals surface area contributed by atoms with Crippen molar-refractivity contribution in [3.05, 3.63) is 37.0 Å². The van der Waals surface area contributed by atoms with E-state index in [9.17, 15) is 0 Å². The third kappa shape index (κ3) is 30.3. The molecule has 0 fully saturated rings. The predicted octanol–water partition coefficient (Wildman–Crippen LogP) is 5.77. The summed E-state index contributed by atoms with van der Waals surface area (Å²) in [5.41, 5.74) is 1.41. The number of hydrogen-bond acceptors (Lipinski definition) is 0. The third-order valence-electron chi connectivity index (χ3n) is 1.16. The molecule has 0 spiro atoms. The molecule has 0 aliphatic carbocycles. The summed E-state index contributed by atoms with van der Waals surface area (Å²) in [5.74, 6) is 0. The van der Waals surface area contributed by atoms with Crippen LogP contribution in [0.1, 0.15) is 54.9 Å². The van der Waals surface area contributed by atoms with Gasteiger partial charge in [-0.2, -0.15) is 0 Å². The topological polar surface area (TPSA) is 0 Å². The van der Waals surface area contributed by atoms with Crippen molar-refractivity contribution in [2.45, 2.75) is 54.9 Å². The van der Waals surface area contributed by atoms with E-state index in [1.165, 1.54) is 5.57 Å². The SMILES string of the molecule is C/C=C\C(=C/C)CC.C=C.CC.CC. The third-order valence-corrected chi connectivity index (χ3v) is 1.16. The quantitative estimate of drug-likeness (QED) is 0.390. The van der Waals surface area contributed by atoms with E-state index in [2.05, 4.69) is 45.2 Å². The van der Waals surface area contributed by atoms with E-state index in [0.29, 0.717) is 0 Å². The fourth-order valence-corrected chi connectivity index (χ4v) is 0.632. The van der Waals surface area contributed by atoms with Crippen LogP contribution in [0.4, 0.5) is 0 Å². The maximum atomic E-state index is 3.00. The highest BCUT2D eigenvalue weighted by atomic mass is 13.9. The van der Waals surface area contributed by atoms with E-state index < -0.39 is 0 Å². The molecule has 0 aromatic heterocycles. The first-order valence-electron chi connectivity index (χ1n) is 5.63. The highest BCUT2D eigenvalue weighted by Crippen LogP contribution is 2.00. The minimum Gasteiger partial charge on any atom is -0.106 e. The first kappa shape index (κ1) is 23.2. The molecule has 0 rings (SSSR count). The minimum absolute atomic E-state index is 1.14. The molecule has 0 amide bonds. The Bertz CT molecular complexity index is 104. The van der Waals surface area contributed by atoms with Crippen molar-refractivity contribution in [3.63, 3.8) is 0 Å². The fourth-order valence-electron chi connectivity index (χ4n) is 0.632. The zero-order valence-corrected chi connectivity index (χ0v) is 11.4. The van der Waals surface area contributed by atoms with Gasteiger partial charge in [-0.3, -0.25) is 0 Å². The van der Waals surface area contributed by atoms with Gasteiger partial charge in [0.15, 0.2) is 0 Å². The summed E-state index contributed by atoms with van der Waals surface area (Å²) in [6.45, 7) is 20.3. The average molecular weight is 198 g/mol. The van der Waals surface area contributed by atoms with E-state index >= 15 is 0 Å². The van der Waals surface area contributed by atoms with Crippen molar-refractivity contribution >= 4 is 0 Å². The van der Waals surface area contributed by atoms with Crippen molar-refractivity contribution in [2.24, 2.45) is 0 Å². The first-order valence-corrected chi connectivity index (χ1v) is 5.63. The summed E-state index contributed by atoms with van der Waals surface area (Å²) in [5, 5.41) is 0. The molecule has 0 bridgehead atoms. The van der Waals surface area contributed by atoms with Crippen LogP contribution in [0.15, 0.2) is 37.0 Å². The van der Waals surface area contributed by atoms with Crippen LogP contribution in [0.3, 0.4) is 0 Å². The Morgan fingerprint density at radius 2 is 1.36 bits per heavy atom. The maximum Gasteiger partial charge on any atom is -0.0311 e. The second-order valence-electron chi connectivity index (χ2n) is 1.72. The van der Waals surface area contributed by atoms with E-state index in [0.717, 1.165) is 6.42 Å². The number of allylic oxidation sites excluding steroid dienone is 4. The second-order valence-corrected chi connectivity index (χ2v) is 1.72. The molecule has 0 radical (unpaired) electrons. The molecule has 0 saturated carbocycles. The lowest BCUT2D eigenvalue weighted by molar-refractivity contribution is 1.14. The van der Waals surface area contributed by atoms with Crippen molar-refractivity contribution in [3.8, 4) is 0 Å². The minimum atomic E-state index is 1.14. The van der Waals surface area contributed by atoms with E-state index in [1.807, 2.05) is 34.6 Å². The van der Waals surface area contributed by atoms with Gasteiger partial charge in [-0.25, -0.2) is 0 Å². The Hall–Kier alpha value is -0.780. The lowest BCUT2D eigenvalue weighted by Crippen LogP contribution is -1.69. The summed E-state index contributed by atoms with van der Waals surface area (Å²) >= 11 is 0. The summed E-state index contributed by atoms with van der Waals surface area (Å²) < 4.78 is 0. The Kier molecular flexibility index (Phi) is 66.0. The zero-order chi connectivity index (χ0) is 12.4. The van der Waals surface area contributed by atoms with Gasteiger partial charge in [-0.05, 0) is 20.3 Å². The molecule has 0 aromatic carbocycles. The van der Waals surface area contributed by atoms with Crippen LogP contribution < -0.4 is 0 Å². The van der Waals surface area contributed by atoms with Gasteiger partial charge in [-0.1, -0.05) is 58.4 Å². The van der Waals surface area contributed by atoms with Gasteiger partial charge >= 0.3 is 0 Å². The van der Waals surface area contributed by atoms with E-state index in [4.69, 9.17) is 0 Å². The second kappa shape index (κ2) is 39.8. The van der Waals surface area contributed by atoms with Gasteiger partial charge in [0.1, 0.15) is 0 Å². The van der Waals surface area contributed by atoms with Gasteiger partial charge in [0.05, 0.1) is 0 Å². The molecule has 0 heterocycles. The molecule has 0 heteroatoms. The Labute approximate surface area is 92.4 Å². The zero-order valence-electron chi connectivity index (χ0n) is 11.4. The molecule has 0 atom stereocenters. The van der Waals surface area contributed by atoms with Gasteiger partial charge in [0.2, 0.25) is 0 Å².